The average Bonchev–Trinajstić information content (AvgIpc) is 2.17. The van der Waals surface area contributed by atoms with Crippen LogP contribution in [0, 0.1) is 11.2 Å². The number of hydrogen-bond acceptors (Lipinski definition) is 1. The first-order valence-corrected chi connectivity index (χ1v) is 5.66. The first-order chi connectivity index (χ1) is 8.09. The minimum atomic E-state index is -4.65. The molecule has 0 heterocycles. The number of benzene rings is 1. The summed E-state index contributed by atoms with van der Waals surface area (Å²) < 4.78 is 50.5. The van der Waals surface area contributed by atoms with Gasteiger partial charge in [-0.05, 0) is 23.1 Å². The summed E-state index contributed by atoms with van der Waals surface area (Å²) in [5.41, 5.74) is -0.738. The van der Waals surface area contributed by atoms with Crippen molar-refractivity contribution < 1.29 is 17.6 Å². The molecule has 0 aliphatic carbocycles. The lowest BCUT2D eigenvalue weighted by Gasteiger charge is -2.19. The van der Waals surface area contributed by atoms with Crippen LogP contribution in [0.3, 0.4) is 0 Å². The van der Waals surface area contributed by atoms with Crippen LogP contribution < -0.4 is 5.32 Å². The lowest BCUT2D eigenvalue weighted by Crippen LogP contribution is -2.26. The summed E-state index contributed by atoms with van der Waals surface area (Å²) in [5, 5.41) is 3.05. The molecule has 0 unspecified atom stereocenters. The molecule has 0 aliphatic heterocycles. The number of nitrogens with one attached hydrogen (secondary N) is 1. The van der Waals surface area contributed by atoms with Gasteiger partial charge in [-0.3, -0.25) is 0 Å². The van der Waals surface area contributed by atoms with Gasteiger partial charge in [0.2, 0.25) is 0 Å². The molecular formula is C13H17F4N. The Morgan fingerprint density at radius 2 is 1.72 bits per heavy atom. The van der Waals surface area contributed by atoms with E-state index in [0.29, 0.717) is 18.7 Å². The smallest absolute Gasteiger partial charge is 0.312 e. The van der Waals surface area contributed by atoms with E-state index in [2.05, 4.69) is 5.32 Å². The molecule has 0 amide bonds. The summed E-state index contributed by atoms with van der Waals surface area (Å²) in [6.45, 7) is 7.02. The van der Waals surface area contributed by atoms with Crippen LogP contribution >= 0.6 is 0 Å². The van der Waals surface area contributed by atoms with Gasteiger partial charge in [-0.1, -0.05) is 26.8 Å². The Morgan fingerprint density at radius 3 is 2.22 bits per heavy atom. The van der Waals surface area contributed by atoms with Crippen LogP contribution in [0.2, 0.25) is 0 Å². The van der Waals surface area contributed by atoms with Gasteiger partial charge < -0.3 is 5.32 Å². The first-order valence-electron chi connectivity index (χ1n) is 5.66. The monoisotopic (exact) mass is 263 g/mol. The highest BCUT2D eigenvalue weighted by Gasteiger charge is 2.34. The highest BCUT2D eigenvalue weighted by Crippen LogP contribution is 2.31. The van der Waals surface area contributed by atoms with E-state index in [0.717, 1.165) is 12.1 Å². The highest BCUT2D eigenvalue weighted by atomic mass is 19.4. The van der Waals surface area contributed by atoms with Gasteiger partial charge in [0.15, 0.2) is 0 Å². The van der Waals surface area contributed by atoms with Crippen molar-refractivity contribution in [3.8, 4) is 0 Å². The topological polar surface area (TPSA) is 12.0 Å². The molecule has 0 aliphatic rings. The van der Waals surface area contributed by atoms with Crippen LogP contribution in [-0.4, -0.2) is 6.54 Å². The van der Waals surface area contributed by atoms with Gasteiger partial charge in [-0.25, -0.2) is 4.39 Å². The molecule has 1 rings (SSSR count). The van der Waals surface area contributed by atoms with Crippen molar-refractivity contribution in [3.63, 3.8) is 0 Å². The lowest BCUT2D eigenvalue weighted by atomic mass is 9.97. The van der Waals surface area contributed by atoms with E-state index in [1.807, 2.05) is 20.8 Å². The van der Waals surface area contributed by atoms with Gasteiger partial charge >= 0.3 is 6.18 Å². The molecule has 0 bridgehead atoms. The normalized spacial score (nSPS) is 12.8. The number of hydrogen-bond donors (Lipinski definition) is 1. The molecule has 1 aromatic carbocycles. The minimum absolute atomic E-state index is 0.0485. The molecule has 1 N–H and O–H groups in total. The second-order valence-electron chi connectivity index (χ2n) is 5.48. The van der Waals surface area contributed by atoms with Gasteiger partial charge in [0, 0.05) is 13.1 Å². The minimum Gasteiger partial charge on any atom is -0.312 e. The molecule has 18 heavy (non-hydrogen) atoms. The molecule has 1 nitrogen and oxygen atoms in total. The van der Waals surface area contributed by atoms with Crippen LogP contribution in [0.15, 0.2) is 18.2 Å². The van der Waals surface area contributed by atoms with Crippen LogP contribution in [0.25, 0.3) is 0 Å². The predicted molar refractivity (Wildman–Crippen MR) is 62.6 cm³/mol. The maximum atomic E-state index is 13.0. The fourth-order valence-electron chi connectivity index (χ4n) is 1.48. The number of rotatable bonds is 3. The maximum absolute atomic E-state index is 13.0. The molecule has 1 aromatic rings. The summed E-state index contributed by atoms with van der Waals surface area (Å²) in [6.07, 6.45) is -4.65. The van der Waals surface area contributed by atoms with E-state index < -0.39 is 17.6 Å². The van der Waals surface area contributed by atoms with Gasteiger partial charge in [0.05, 0.1) is 5.56 Å². The van der Waals surface area contributed by atoms with Crippen molar-refractivity contribution in [1.82, 2.24) is 5.32 Å². The third-order valence-corrected chi connectivity index (χ3v) is 2.32. The molecule has 0 aromatic heterocycles. The lowest BCUT2D eigenvalue weighted by molar-refractivity contribution is -0.140. The van der Waals surface area contributed by atoms with Crippen molar-refractivity contribution in [2.75, 3.05) is 6.54 Å². The summed E-state index contributed by atoms with van der Waals surface area (Å²) in [7, 11) is 0. The van der Waals surface area contributed by atoms with Gasteiger partial charge in [0.1, 0.15) is 5.82 Å². The quantitative estimate of drug-likeness (QED) is 0.813. The second-order valence-corrected chi connectivity index (χ2v) is 5.48. The second kappa shape index (κ2) is 5.26. The zero-order valence-corrected chi connectivity index (χ0v) is 10.7. The SMILES string of the molecule is CC(C)(C)CNCc1ccc(F)c(C(F)(F)F)c1. The van der Waals surface area contributed by atoms with Crippen molar-refractivity contribution >= 4 is 0 Å². The molecule has 0 saturated carbocycles. The molecule has 0 saturated heterocycles. The first kappa shape index (κ1) is 15.0. The van der Waals surface area contributed by atoms with E-state index in [-0.39, 0.29) is 5.41 Å². The van der Waals surface area contributed by atoms with Crippen molar-refractivity contribution in [2.45, 2.75) is 33.5 Å². The van der Waals surface area contributed by atoms with Crippen LogP contribution in [0.1, 0.15) is 31.9 Å². The van der Waals surface area contributed by atoms with Crippen molar-refractivity contribution in [3.05, 3.63) is 35.1 Å². The van der Waals surface area contributed by atoms with Crippen LogP contribution in [0.5, 0.6) is 0 Å². The molecule has 0 spiro atoms. The average molecular weight is 263 g/mol. The largest absolute Gasteiger partial charge is 0.419 e. The maximum Gasteiger partial charge on any atom is 0.419 e. The number of halogens is 4. The zero-order chi connectivity index (χ0) is 14.0. The van der Waals surface area contributed by atoms with Gasteiger partial charge in [-0.2, -0.15) is 13.2 Å². The van der Waals surface area contributed by atoms with Gasteiger partial charge in [-0.15, -0.1) is 0 Å². The van der Waals surface area contributed by atoms with Crippen LogP contribution in [-0.2, 0) is 12.7 Å². The Labute approximate surface area is 104 Å². The Balaban J connectivity index is 2.74. The van der Waals surface area contributed by atoms with E-state index in [4.69, 9.17) is 0 Å². The van der Waals surface area contributed by atoms with Gasteiger partial charge in [0.25, 0.3) is 0 Å². The molecule has 102 valence electrons. The van der Waals surface area contributed by atoms with Crippen molar-refractivity contribution in [1.29, 1.82) is 0 Å². The third-order valence-electron chi connectivity index (χ3n) is 2.32. The van der Waals surface area contributed by atoms with Crippen LogP contribution in [0.4, 0.5) is 17.6 Å². The fourth-order valence-corrected chi connectivity index (χ4v) is 1.48. The summed E-state index contributed by atoms with van der Waals surface area (Å²) in [4.78, 5) is 0. The Morgan fingerprint density at radius 1 is 1.11 bits per heavy atom. The van der Waals surface area contributed by atoms with E-state index in [1.165, 1.54) is 6.07 Å². The van der Waals surface area contributed by atoms with E-state index in [9.17, 15) is 17.6 Å². The fraction of sp³-hybridized carbons (Fsp3) is 0.538. The molecule has 0 atom stereocenters. The summed E-state index contributed by atoms with van der Waals surface area (Å²) in [5.74, 6) is -1.23. The Bertz CT molecular complexity index is 404. The van der Waals surface area contributed by atoms with E-state index in [1.54, 1.807) is 0 Å². The third kappa shape index (κ3) is 4.64. The summed E-state index contributed by atoms with van der Waals surface area (Å²) in [6, 6.07) is 3.07. The summed E-state index contributed by atoms with van der Waals surface area (Å²) >= 11 is 0. The Hall–Kier alpha value is -1.10. The number of alkyl halides is 3. The molecule has 5 heteroatoms. The molecular weight excluding hydrogens is 246 g/mol. The highest BCUT2D eigenvalue weighted by molar-refractivity contribution is 5.27. The van der Waals surface area contributed by atoms with Crippen molar-refractivity contribution in [2.24, 2.45) is 5.41 Å². The zero-order valence-electron chi connectivity index (χ0n) is 10.7. The molecule has 0 radical (unpaired) electrons. The standard InChI is InChI=1S/C13H17F4N/c1-12(2,3)8-18-7-9-4-5-11(14)10(6-9)13(15,16)17/h4-6,18H,7-8H2,1-3H3. The predicted octanol–water partition coefficient (Wildman–Crippen LogP) is 3.98. The Kier molecular flexibility index (Phi) is 4.37. The molecule has 0 fully saturated rings. The van der Waals surface area contributed by atoms with E-state index >= 15 is 0 Å².